The number of fused-ring (bicyclic) bond motifs is 1. The Bertz CT molecular complexity index is 855. The van der Waals surface area contributed by atoms with Gasteiger partial charge in [-0.05, 0) is 49.6 Å². The quantitative estimate of drug-likeness (QED) is 0.649. The van der Waals surface area contributed by atoms with Crippen molar-refractivity contribution < 1.29 is 9.53 Å². The minimum Gasteiger partial charge on any atom is -0.466 e. The lowest BCUT2D eigenvalue weighted by Gasteiger charge is -2.43. The molecular formula is C20H23BrN4O2S. The fourth-order valence-electron chi connectivity index (χ4n) is 4.31. The van der Waals surface area contributed by atoms with Gasteiger partial charge in [-0.3, -0.25) is 10.1 Å². The zero-order chi connectivity index (χ0) is 19.8. The van der Waals surface area contributed by atoms with Crippen LogP contribution in [0.25, 0.3) is 0 Å². The number of carbonyl (C=O) groups is 1. The van der Waals surface area contributed by atoms with Gasteiger partial charge in [0.05, 0.1) is 29.2 Å². The van der Waals surface area contributed by atoms with Gasteiger partial charge in [-0.15, -0.1) is 11.8 Å². The van der Waals surface area contributed by atoms with E-state index in [1.54, 1.807) is 11.8 Å². The molecule has 0 spiro atoms. The normalized spacial score (nSPS) is 31.7. The maximum Gasteiger partial charge on any atom is 0.309 e. The number of nitrogens with one attached hydrogen (secondary N) is 2. The van der Waals surface area contributed by atoms with Gasteiger partial charge in [-0.1, -0.05) is 28.1 Å². The number of rotatable bonds is 5. The third kappa shape index (κ3) is 3.57. The Hall–Kier alpha value is -1.53. The number of benzene rings is 1. The standard InChI is InChI=1S/C20H23BrN4O2S/c1-3-27-20(26)14-8-13(14)16-9-17(11-5-4-6-12(21)7-11)25-18(23-16)15(10-22)19(24-25)28-2/h4-7,13-14,16-18,23-24H,3,8-9H2,1-2H3. The molecule has 0 bridgehead atoms. The molecule has 5 atom stereocenters. The minimum atomic E-state index is -0.196. The zero-order valence-corrected chi connectivity index (χ0v) is 18.2. The van der Waals surface area contributed by atoms with Crippen LogP contribution in [-0.2, 0) is 9.53 Å². The second-order valence-corrected chi connectivity index (χ2v) is 9.05. The third-order valence-electron chi connectivity index (χ3n) is 5.72. The maximum atomic E-state index is 12.2. The Kier molecular flexibility index (Phi) is 5.70. The highest BCUT2D eigenvalue weighted by Gasteiger charge is 2.53. The zero-order valence-electron chi connectivity index (χ0n) is 15.8. The molecule has 1 saturated carbocycles. The molecular weight excluding hydrogens is 440 g/mol. The van der Waals surface area contributed by atoms with E-state index in [9.17, 15) is 10.1 Å². The van der Waals surface area contributed by atoms with E-state index in [2.05, 4.69) is 49.9 Å². The van der Waals surface area contributed by atoms with Gasteiger partial charge in [-0.2, -0.15) is 10.3 Å². The molecule has 1 aromatic rings. The van der Waals surface area contributed by atoms with Crippen LogP contribution in [0.2, 0.25) is 0 Å². The summed E-state index contributed by atoms with van der Waals surface area (Å²) in [7, 11) is 0. The van der Waals surface area contributed by atoms with Gasteiger partial charge in [0.25, 0.3) is 0 Å². The monoisotopic (exact) mass is 462 g/mol. The van der Waals surface area contributed by atoms with Crippen molar-refractivity contribution in [3.8, 4) is 6.07 Å². The van der Waals surface area contributed by atoms with Gasteiger partial charge in [0.15, 0.2) is 0 Å². The number of halogens is 1. The minimum absolute atomic E-state index is 0.0314. The number of ether oxygens (including phenoxy) is 1. The SMILES string of the molecule is CCOC(=O)C1CC1C1CC(c2cccc(Br)c2)N2NC(SC)=C(C#N)C2N1. The first-order valence-corrected chi connectivity index (χ1v) is 11.5. The van der Waals surface area contributed by atoms with Crippen LogP contribution < -0.4 is 10.7 Å². The van der Waals surface area contributed by atoms with Crippen molar-refractivity contribution in [2.24, 2.45) is 11.8 Å². The van der Waals surface area contributed by atoms with Crippen molar-refractivity contribution in [1.29, 1.82) is 5.26 Å². The predicted molar refractivity (Wildman–Crippen MR) is 112 cm³/mol. The summed E-state index contributed by atoms with van der Waals surface area (Å²) in [6.45, 7) is 2.26. The van der Waals surface area contributed by atoms with Crippen LogP contribution in [0.4, 0.5) is 0 Å². The van der Waals surface area contributed by atoms with Gasteiger partial charge in [0, 0.05) is 10.5 Å². The molecule has 2 heterocycles. The molecule has 1 saturated heterocycles. The highest BCUT2D eigenvalue weighted by molar-refractivity contribution is 9.10. The number of nitrogens with zero attached hydrogens (tertiary/aromatic N) is 2. The van der Waals surface area contributed by atoms with Crippen molar-refractivity contribution in [2.45, 2.75) is 38.0 Å². The summed E-state index contributed by atoms with van der Waals surface area (Å²) >= 11 is 5.12. The van der Waals surface area contributed by atoms with E-state index in [-0.39, 0.29) is 36.1 Å². The molecule has 8 heteroatoms. The summed E-state index contributed by atoms with van der Waals surface area (Å²) in [4.78, 5) is 12.2. The number of hydrogen-bond donors (Lipinski definition) is 2. The van der Waals surface area contributed by atoms with E-state index in [1.807, 2.05) is 25.3 Å². The number of thioether (sulfide) groups is 1. The second-order valence-electron chi connectivity index (χ2n) is 7.32. The Morgan fingerprint density at radius 2 is 2.29 bits per heavy atom. The molecule has 4 rings (SSSR count). The van der Waals surface area contributed by atoms with Crippen LogP contribution in [0.5, 0.6) is 0 Å². The molecule has 1 aromatic carbocycles. The second kappa shape index (κ2) is 8.07. The highest BCUT2D eigenvalue weighted by Crippen LogP contribution is 2.48. The molecule has 0 amide bonds. The molecule has 0 radical (unpaired) electrons. The van der Waals surface area contributed by atoms with Crippen LogP contribution in [0.3, 0.4) is 0 Å². The van der Waals surface area contributed by atoms with Crippen LogP contribution in [0, 0.1) is 23.2 Å². The van der Waals surface area contributed by atoms with Gasteiger partial charge in [-0.25, -0.2) is 0 Å². The molecule has 6 nitrogen and oxygen atoms in total. The van der Waals surface area contributed by atoms with Gasteiger partial charge in [0.2, 0.25) is 0 Å². The van der Waals surface area contributed by atoms with Crippen molar-refractivity contribution >= 4 is 33.7 Å². The first kappa shape index (κ1) is 19.8. The first-order chi connectivity index (χ1) is 13.6. The molecule has 5 unspecified atom stereocenters. The summed E-state index contributed by atoms with van der Waals surface area (Å²) < 4.78 is 6.25. The van der Waals surface area contributed by atoms with E-state index in [1.165, 1.54) is 5.56 Å². The predicted octanol–water partition coefficient (Wildman–Crippen LogP) is 3.30. The van der Waals surface area contributed by atoms with E-state index in [0.717, 1.165) is 22.3 Å². The number of carbonyl (C=O) groups excluding carboxylic acids is 1. The van der Waals surface area contributed by atoms with E-state index in [0.29, 0.717) is 12.2 Å². The average molecular weight is 463 g/mol. The van der Waals surface area contributed by atoms with Gasteiger partial charge >= 0.3 is 5.97 Å². The van der Waals surface area contributed by atoms with Crippen molar-refractivity contribution in [2.75, 3.05) is 12.9 Å². The number of nitriles is 1. The Balaban J connectivity index is 1.62. The van der Waals surface area contributed by atoms with E-state index in [4.69, 9.17) is 4.74 Å². The Morgan fingerprint density at radius 3 is 2.96 bits per heavy atom. The summed E-state index contributed by atoms with van der Waals surface area (Å²) in [5.41, 5.74) is 5.33. The summed E-state index contributed by atoms with van der Waals surface area (Å²) in [5.74, 6) is 0.131. The molecule has 148 valence electrons. The molecule has 2 aliphatic heterocycles. The third-order valence-corrected chi connectivity index (χ3v) is 6.93. The fraction of sp³-hybridized carbons (Fsp3) is 0.500. The van der Waals surface area contributed by atoms with Gasteiger partial charge in [0.1, 0.15) is 12.2 Å². The van der Waals surface area contributed by atoms with Crippen LogP contribution in [-0.4, -0.2) is 36.0 Å². The molecule has 2 N–H and O–H groups in total. The Morgan fingerprint density at radius 1 is 1.46 bits per heavy atom. The highest BCUT2D eigenvalue weighted by atomic mass is 79.9. The van der Waals surface area contributed by atoms with Crippen LogP contribution in [0.1, 0.15) is 31.4 Å². The van der Waals surface area contributed by atoms with Crippen molar-refractivity contribution in [1.82, 2.24) is 15.8 Å². The topological polar surface area (TPSA) is 77.4 Å². The summed E-state index contributed by atoms with van der Waals surface area (Å²) in [6.07, 6.45) is 3.49. The fourth-order valence-corrected chi connectivity index (χ4v) is 5.30. The lowest BCUT2D eigenvalue weighted by atomic mass is 9.91. The summed E-state index contributed by atoms with van der Waals surface area (Å²) in [5, 5.41) is 16.4. The van der Waals surface area contributed by atoms with Crippen LogP contribution >= 0.6 is 27.7 Å². The smallest absolute Gasteiger partial charge is 0.309 e. The summed E-state index contributed by atoms with van der Waals surface area (Å²) in [6, 6.07) is 10.9. The molecule has 0 aromatic heterocycles. The molecule has 1 aliphatic carbocycles. The van der Waals surface area contributed by atoms with Crippen molar-refractivity contribution in [3.05, 3.63) is 44.9 Å². The Labute approximate surface area is 177 Å². The first-order valence-electron chi connectivity index (χ1n) is 9.48. The number of hydrazine groups is 1. The van der Waals surface area contributed by atoms with Crippen LogP contribution in [0.15, 0.2) is 39.3 Å². The molecule has 2 fully saturated rings. The largest absolute Gasteiger partial charge is 0.466 e. The average Bonchev–Trinajstić information content (AvgIpc) is 3.41. The number of hydrogen-bond acceptors (Lipinski definition) is 7. The van der Waals surface area contributed by atoms with Gasteiger partial charge < -0.3 is 10.2 Å². The maximum absolute atomic E-state index is 12.2. The molecule has 3 aliphatic rings. The van der Waals surface area contributed by atoms with E-state index >= 15 is 0 Å². The molecule has 28 heavy (non-hydrogen) atoms. The van der Waals surface area contributed by atoms with E-state index < -0.39 is 0 Å². The number of esters is 1. The van der Waals surface area contributed by atoms with Crippen molar-refractivity contribution in [3.63, 3.8) is 0 Å². The lowest BCUT2D eigenvalue weighted by molar-refractivity contribution is -0.145. The lowest BCUT2D eigenvalue weighted by Crippen LogP contribution is -2.58.